The minimum Gasteiger partial charge on any atom is -0.347 e. The second kappa shape index (κ2) is 7.87. The average molecular weight is 334 g/mol. The van der Waals surface area contributed by atoms with Gasteiger partial charge in [0.05, 0.1) is 18.2 Å². The summed E-state index contributed by atoms with van der Waals surface area (Å²) in [4.78, 5) is 25.0. The zero-order chi connectivity index (χ0) is 16.8. The zero-order valence-electron chi connectivity index (χ0n) is 13.0. The molecule has 0 spiro atoms. The Bertz CT molecular complexity index is 671. The van der Waals surface area contributed by atoms with Crippen LogP contribution in [0.4, 0.5) is 4.39 Å². The van der Waals surface area contributed by atoms with E-state index in [-0.39, 0.29) is 30.0 Å². The van der Waals surface area contributed by atoms with Crippen LogP contribution in [-0.4, -0.2) is 18.4 Å². The molecule has 1 heterocycles. The number of halogens is 1. The van der Waals surface area contributed by atoms with Crippen LogP contribution in [0.25, 0.3) is 0 Å². The zero-order valence-corrected chi connectivity index (χ0v) is 13.8. The molecule has 2 rings (SSSR count). The van der Waals surface area contributed by atoms with Crippen LogP contribution >= 0.6 is 11.3 Å². The molecule has 23 heavy (non-hydrogen) atoms. The number of carbonyl (C=O) groups excluding carboxylic acids is 2. The summed E-state index contributed by atoms with van der Waals surface area (Å²) in [5.74, 6) is -1.29. The molecule has 1 atom stereocenters. The standard InChI is InChI=1S/C17H19FN2O2S/c1-11(2)16(14-8-5-9-23-14)20-15(21)10-19-17(22)12-6-3-4-7-13(12)18/h3-9,11,16H,10H2,1-2H3,(H,19,22)(H,20,21)/t16-/m1/s1. The van der Waals surface area contributed by atoms with E-state index in [0.29, 0.717) is 0 Å². The third-order valence-electron chi connectivity index (χ3n) is 3.36. The minimum atomic E-state index is -0.607. The molecular formula is C17H19FN2O2S. The van der Waals surface area contributed by atoms with Gasteiger partial charge in [-0.2, -0.15) is 0 Å². The maximum Gasteiger partial charge on any atom is 0.254 e. The van der Waals surface area contributed by atoms with Gasteiger partial charge in [-0.15, -0.1) is 11.3 Å². The van der Waals surface area contributed by atoms with E-state index in [1.807, 2.05) is 31.4 Å². The van der Waals surface area contributed by atoms with Crippen molar-refractivity contribution in [3.8, 4) is 0 Å². The van der Waals surface area contributed by atoms with E-state index in [0.717, 1.165) is 4.88 Å². The molecule has 0 aliphatic heterocycles. The first-order chi connectivity index (χ1) is 11.0. The van der Waals surface area contributed by atoms with E-state index in [4.69, 9.17) is 0 Å². The van der Waals surface area contributed by atoms with Gasteiger partial charge >= 0.3 is 0 Å². The molecule has 6 heteroatoms. The van der Waals surface area contributed by atoms with Crippen LogP contribution in [0.1, 0.15) is 35.1 Å². The molecule has 0 saturated heterocycles. The first-order valence-electron chi connectivity index (χ1n) is 7.34. The number of rotatable bonds is 6. The normalized spacial score (nSPS) is 12.0. The summed E-state index contributed by atoms with van der Waals surface area (Å²) < 4.78 is 13.5. The van der Waals surface area contributed by atoms with Crippen molar-refractivity contribution < 1.29 is 14.0 Å². The summed E-state index contributed by atoms with van der Waals surface area (Å²) in [5, 5.41) is 7.30. The number of amides is 2. The van der Waals surface area contributed by atoms with Gasteiger partial charge in [-0.25, -0.2) is 4.39 Å². The number of nitrogens with one attached hydrogen (secondary N) is 2. The molecule has 0 aliphatic carbocycles. The Morgan fingerprint density at radius 3 is 2.52 bits per heavy atom. The molecule has 0 radical (unpaired) electrons. The monoisotopic (exact) mass is 334 g/mol. The maximum absolute atomic E-state index is 13.5. The fourth-order valence-corrected chi connectivity index (χ4v) is 3.11. The summed E-state index contributed by atoms with van der Waals surface area (Å²) in [7, 11) is 0. The van der Waals surface area contributed by atoms with Crippen LogP contribution in [0, 0.1) is 11.7 Å². The molecular weight excluding hydrogens is 315 g/mol. The largest absolute Gasteiger partial charge is 0.347 e. The summed E-state index contributed by atoms with van der Waals surface area (Å²) >= 11 is 1.57. The van der Waals surface area contributed by atoms with Gasteiger partial charge in [-0.05, 0) is 29.5 Å². The Kier molecular flexibility index (Phi) is 5.87. The average Bonchev–Trinajstić information content (AvgIpc) is 3.04. The van der Waals surface area contributed by atoms with E-state index in [2.05, 4.69) is 10.6 Å². The van der Waals surface area contributed by atoms with Crippen molar-refractivity contribution >= 4 is 23.2 Å². The molecule has 0 saturated carbocycles. The lowest BCUT2D eigenvalue weighted by molar-refractivity contribution is -0.121. The first-order valence-corrected chi connectivity index (χ1v) is 8.22. The van der Waals surface area contributed by atoms with Crippen molar-refractivity contribution in [1.82, 2.24) is 10.6 Å². The third kappa shape index (κ3) is 4.63. The smallest absolute Gasteiger partial charge is 0.254 e. The van der Waals surface area contributed by atoms with Crippen LogP contribution < -0.4 is 10.6 Å². The number of thiophene rings is 1. The van der Waals surface area contributed by atoms with Crippen molar-refractivity contribution in [2.75, 3.05) is 6.54 Å². The molecule has 0 unspecified atom stereocenters. The fraction of sp³-hybridized carbons (Fsp3) is 0.294. The number of hydrogen-bond acceptors (Lipinski definition) is 3. The van der Waals surface area contributed by atoms with Gasteiger partial charge in [-0.3, -0.25) is 9.59 Å². The van der Waals surface area contributed by atoms with Crippen LogP contribution in [-0.2, 0) is 4.79 Å². The minimum absolute atomic E-state index is 0.0704. The van der Waals surface area contributed by atoms with Gasteiger partial charge in [0.1, 0.15) is 5.82 Å². The van der Waals surface area contributed by atoms with Gasteiger partial charge in [0.15, 0.2) is 0 Å². The van der Waals surface area contributed by atoms with E-state index < -0.39 is 11.7 Å². The second-order valence-electron chi connectivity index (χ2n) is 5.47. The van der Waals surface area contributed by atoms with Gasteiger partial charge in [0.25, 0.3) is 5.91 Å². The molecule has 4 nitrogen and oxygen atoms in total. The Morgan fingerprint density at radius 1 is 1.17 bits per heavy atom. The molecule has 2 N–H and O–H groups in total. The third-order valence-corrected chi connectivity index (χ3v) is 4.32. The number of carbonyl (C=O) groups is 2. The summed E-state index contributed by atoms with van der Waals surface area (Å²) in [6.07, 6.45) is 0. The topological polar surface area (TPSA) is 58.2 Å². The van der Waals surface area contributed by atoms with Crippen molar-refractivity contribution in [3.05, 3.63) is 58.0 Å². The number of benzene rings is 1. The van der Waals surface area contributed by atoms with Crippen LogP contribution in [0.3, 0.4) is 0 Å². The van der Waals surface area contributed by atoms with Gasteiger partial charge in [0, 0.05) is 4.88 Å². The maximum atomic E-state index is 13.5. The van der Waals surface area contributed by atoms with Crippen molar-refractivity contribution in [3.63, 3.8) is 0 Å². The van der Waals surface area contributed by atoms with Crippen molar-refractivity contribution in [2.45, 2.75) is 19.9 Å². The summed E-state index contributed by atoms with van der Waals surface area (Å²) in [6, 6.07) is 9.46. The highest BCUT2D eigenvalue weighted by molar-refractivity contribution is 7.10. The highest BCUT2D eigenvalue weighted by Gasteiger charge is 2.20. The van der Waals surface area contributed by atoms with Crippen molar-refractivity contribution in [2.24, 2.45) is 5.92 Å². The molecule has 1 aromatic heterocycles. The lowest BCUT2D eigenvalue weighted by Crippen LogP contribution is -2.40. The van der Waals surface area contributed by atoms with Gasteiger partial charge < -0.3 is 10.6 Å². The van der Waals surface area contributed by atoms with Crippen molar-refractivity contribution in [1.29, 1.82) is 0 Å². The lowest BCUT2D eigenvalue weighted by atomic mass is 10.0. The summed E-state index contributed by atoms with van der Waals surface area (Å²) in [6.45, 7) is 3.84. The number of hydrogen-bond donors (Lipinski definition) is 2. The predicted octanol–water partition coefficient (Wildman–Crippen LogP) is 3.13. The molecule has 0 aliphatic rings. The molecule has 122 valence electrons. The Hall–Kier alpha value is -2.21. The van der Waals surface area contributed by atoms with E-state index in [1.54, 1.807) is 17.4 Å². The molecule has 2 amide bonds. The SMILES string of the molecule is CC(C)[C@@H](NC(=O)CNC(=O)c1ccccc1F)c1cccs1. The molecule has 0 bridgehead atoms. The lowest BCUT2D eigenvalue weighted by Gasteiger charge is -2.21. The van der Waals surface area contributed by atoms with E-state index in [1.165, 1.54) is 18.2 Å². The van der Waals surface area contributed by atoms with E-state index in [9.17, 15) is 14.0 Å². The molecule has 2 aromatic rings. The summed E-state index contributed by atoms with van der Waals surface area (Å²) in [5.41, 5.74) is -0.0704. The Labute approximate surface area is 138 Å². The first kappa shape index (κ1) is 17.1. The highest BCUT2D eigenvalue weighted by Crippen LogP contribution is 2.25. The van der Waals surface area contributed by atoms with Gasteiger partial charge in [0.2, 0.25) is 5.91 Å². The Balaban J connectivity index is 1.92. The van der Waals surface area contributed by atoms with Crippen LogP contribution in [0.15, 0.2) is 41.8 Å². The molecule has 1 aromatic carbocycles. The van der Waals surface area contributed by atoms with Gasteiger partial charge in [-0.1, -0.05) is 32.0 Å². The quantitative estimate of drug-likeness (QED) is 0.853. The fourth-order valence-electron chi connectivity index (χ4n) is 2.16. The van der Waals surface area contributed by atoms with E-state index >= 15 is 0 Å². The van der Waals surface area contributed by atoms with Crippen LogP contribution in [0.5, 0.6) is 0 Å². The molecule has 0 fully saturated rings. The van der Waals surface area contributed by atoms with Crippen LogP contribution in [0.2, 0.25) is 0 Å². The Morgan fingerprint density at radius 2 is 1.91 bits per heavy atom. The highest BCUT2D eigenvalue weighted by atomic mass is 32.1. The predicted molar refractivity (Wildman–Crippen MR) is 88.8 cm³/mol. The second-order valence-corrected chi connectivity index (χ2v) is 6.45.